The Bertz CT molecular complexity index is 698. The molecule has 28 heavy (non-hydrogen) atoms. The van der Waals surface area contributed by atoms with Gasteiger partial charge in [-0.2, -0.15) is 0 Å². The molecular formula is C22H30N2O4. The zero-order chi connectivity index (χ0) is 19.8. The number of anilines is 2. The fourth-order valence-corrected chi connectivity index (χ4v) is 4.10. The lowest BCUT2D eigenvalue weighted by molar-refractivity contribution is -0.147. The van der Waals surface area contributed by atoms with E-state index in [1.165, 1.54) is 32.1 Å². The van der Waals surface area contributed by atoms with Crippen molar-refractivity contribution in [2.45, 2.75) is 64.2 Å². The Kier molecular flexibility index (Phi) is 7.46. The first-order valence-corrected chi connectivity index (χ1v) is 10.5. The van der Waals surface area contributed by atoms with Crippen LogP contribution in [0.4, 0.5) is 11.4 Å². The minimum Gasteiger partial charge on any atom is -0.456 e. The number of hydrogen-bond donors (Lipinski definition) is 1. The molecule has 0 radical (unpaired) electrons. The molecule has 0 aromatic heterocycles. The molecule has 0 bridgehead atoms. The van der Waals surface area contributed by atoms with Gasteiger partial charge in [-0.25, -0.2) is 0 Å². The van der Waals surface area contributed by atoms with Crippen LogP contribution in [0.15, 0.2) is 24.3 Å². The van der Waals surface area contributed by atoms with Crippen LogP contribution in [-0.4, -0.2) is 30.9 Å². The maximum Gasteiger partial charge on any atom is 0.306 e. The fourth-order valence-electron chi connectivity index (χ4n) is 4.10. The molecular weight excluding hydrogens is 356 g/mol. The molecule has 1 N–H and O–H groups in total. The smallest absolute Gasteiger partial charge is 0.306 e. The first-order valence-electron chi connectivity index (χ1n) is 10.5. The zero-order valence-corrected chi connectivity index (χ0v) is 16.5. The van der Waals surface area contributed by atoms with Gasteiger partial charge in [0.25, 0.3) is 5.91 Å². The Balaban J connectivity index is 1.37. The molecule has 1 aliphatic heterocycles. The number of rotatable bonds is 8. The minimum absolute atomic E-state index is 0.102. The molecule has 1 aromatic rings. The summed E-state index contributed by atoms with van der Waals surface area (Å²) in [5.41, 5.74) is 1.37. The normalized spacial score (nSPS) is 17.6. The van der Waals surface area contributed by atoms with Crippen molar-refractivity contribution in [1.82, 2.24) is 0 Å². The van der Waals surface area contributed by atoms with Gasteiger partial charge in [0.2, 0.25) is 5.91 Å². The van der Waals surface area contributed by atoms with Crippen LogP contribution in [0, 0.1) is 5.92 Å². The van der Waals surface area contributed by atoms with Crippen molar-refractivity contribution in [1.29, 1.82) is 0 Å². The van der Waals surface area contributed by atoms with Gasteiger partial charge < -0.3 is 15.0 Å². The minimum atomic E-state index is -0.370. The highest BCUT2D eigenvalue weighted by Gasteiger charge is 2.22. The Morgan fingerprint density at radius 2 is 1.96 bits per heavy atom. The van der Waals surface area contributed by atoms with E-state index in [2.05, 4.69) is 5.32 Å². The zero-order valence-electron chi connectivity index (χ0n) is 16.5. The standard InChI is InChI=1S/C22H30N2O4/c25-20(16-28-22(27)13-4-9-17-7-2-1-3-8-17)23-18-10-5-11-19(15-18)24-14-6-12-21(24)26/h5,10-11,15,17H,1-4,6-9,12-14,16H2,(H,23,25). The van der Waals surface area contributed by atoms with Crippen LogP contribution in [0.2, 0.25) is 0 Å². The highest BCUT2D eigenvalue weighted by atomic mass is 16.5. The van der Waals surface area contributed by atoms with Crippen LogP contribution in [-0.2, 0) is 19.1 Å². The number of carbonyl (C=O) groups excluding carboxylic acids is 3. The van der Waals surface area contributed by atoms with Crippen LogP contribution in [0.3, 0.4) is 0 Å². The van der Waals surface area contributed by atoms with Gasteiger partial charge in [0.1, 0.15) is 0 Å². The second kappa shape index (κ2) is 10.2. The molecule has 1 saturated heterocycles. The lowest BCUT2D eigenvalue weighted by atomic mass is 9.86. The van der Waals surface area contributed by atoms with Crippen LogP contribution in [0.25, 0.3) is 0 Å². The quantitative estimate of drug-likeness (QED) is 0.684. The fraction of sp³-hybridized carbons (Fsp3) is 0.591. The largest absolute Gasteiger partial charge is 0.456 e. The first kappa shape index (κ1) is 20.4. The molecule has 2 fully saturated rings. The van der Waals surface area contributed by atoms with Crippen LogP contribution in [0.5, 0.6) is 0 Å². The van der Waals surface area contributed by atoms with Crippen molar-refractivity contribution in [3.63, 3.8) is 0 Å². The molecule has 1 saturated carbocycles. The monoisotopic (exact) mass is 386 g/mol. The Labute approximate surface area is 166 Å². The molecule has 2 amide bonds. The number of hydrogen-bond acceptors (Lipinski definition) is 4. The van der Waals surface area contributed by atoms with E-state index in [1.807, 2.05) is 6.07 Å². The molecule has 152 valence electrons. The van der Waals surface area contributed by atoms with Gasteiger partial charge in [0.05, 0.1) is 0 Å². The number of nitrogens with zero attached hydrogens (tertiary/aromatic N) is 1. The number of ether oxygens (including phenoxy) is 1. The highest BCUT2D eigenvalue weighted by Crippen LogP contribution is 2.28. The van der Waals surface area contributed by atoms with Crippen molar-refractivity contribution >= 4 is 29.2 Å². The second-order valence-corrected chi connectivity index (χ2v) is 7.80. The van der Waals surface area contributed by atoms with Gasteiger partial charge in [0.15, 0.2) is 6.61 Å². The SMILES string of the molecule is O=C(COC(=O)CCCC1CCCCC1)Nc1cccc(N2CCCC2=O)c1. The molecule has 0 unspecified atom stereocenters. The maximum absolute atomic E-state index is 12.1. The lowest BCUT2D eigenvalue weighted by Crippen LogP contribution is -2.24. The average molecular weight is 386 g/mol. The lowest BCUT2D eigenvalue weighted by Gasteiger charge is -2.20. The van der Waals surface area contributed by atoms with E-state index in [9.17, 15) is 14.4 Å². The molecule has 3 rings (SSSR count). The van der Waals surface area contributed by atoms with Gasteiger partial charge in [-0.05, 0) is 43.4 Å². The topological polar surface area (TPSA) is 75.7 Å². The summed E-state index contributed by atoms with van der Waals surface area (Å²) in [5.74, 6) is 0.165. The summed E-state index contributed by atoms with van der Waals surface area (Å²) < 4.78 is 5.10. The van der Waals surface area contributed by atoms with Crippen molar-refractivity contribution in [2.75, 3.05) is 23.4 Å². The first-order chi connectivity index (χ1) is 13.6. The summed E-state index contributed by atoms with van der Waals surface area (Å²) in [6, 6.07) is 7.18. The number of benzene rings is 1. The summed E-state index contributed by atoms with van der Waals surface area (Å²) in [6.45, 7) is 0.420. The molecule has 6 nitrogen and oxygen atoms in total. The predicted molar refractivity (Wildman–Crippen MR) is 108 cm³/mol. The summed E-state index contributed by atoms with van der Waals surface area (Å²) in [7, 11) is 0. The van der Waals surface area contributed by atoms with Crippen LogP contribution >= 0.6 is 0 Å². The van der Waals surface area contributed by atoms with Gasteiger partial charge in [0, 0.05) is 30.8 Å². The van der Waals surface area contributed by atoms with E-state index in [4.69, 9.17) is 4.74 Å². The molecule has 6 heteroatoms. The summed E-state index contributed by atoms with van der Waals surface area (Å²) in [4.78, 5) is 37.5. The van der Waals surface area contributed by atoms with Crippen molar-refractivity contribution in [3.8, 4) is 0 Å². The second-order valence-electron chi connectivity index (χ2n) is 7.80. The van der Waals surface area contributed by atoms with E-state index in [1.54, 1.807) is 23.1 Å². The molecule has 1 aliphatic carbocycles. The number of esters is 1. The third kappa shape index (κ3) is 6.08. The van der Waals surface area contributed by atoms with E-state index >= 15 is 0 Å². The van der Waals surface area contributed by atoms with Gasteiger partial charge >= 0.3 is 5.97 Å². The predicted octanol–water partition coefficient (Wildman–Crippen LogP) is 4.05. The van der Waals surface area contributed by atoms with E-state index < -0.39 is 0 Å². The van der Waals surface area contributed by atoms with Crippen LogP contribution in [0.1, 0.15) is 64.2 Å². The van der Waals surface area contributed by atoms with E-state index in [0.29, 0.717) is 25.1 Å². The molecule has 1 aromatic carbocycles. The molecule has 0 spiro atoms. The van der Waals surface area contributed by atoms with E-state index in [0.717, 1.165) is 30.9 Å². The van der Waals surface area contributed by atoms with E-state index in [-0.39, 0.29) is 24.4 Å². The third-order valence-electron chi connectivity index (χ3n) is 5.60. The van der Waals surface area contributed by atoms with Crippen molar-refractivity contribution in [3.05, 3.63) is 24.3 Å². The van der Waals surface area contributed by atoms with Gasteiger partial charge in [-0.3, -0.25) is 14.4 Å². The average Bonchev–Trinajstić information content (AvgIpc) is 3.13. The molecule has 0 atom stereocenters. The maximum atomic E-state index is 12.1. The number of amides is 2. The summed E-state index contributed by atoms with van der Waals surface area (Å²) in [5, 5.41) is 2.73. The summed E-state index contributed by atoms with van der Waals surface area (Å²) in [6.07, 6.45) is 10.2. The summed E-state index contributed by atoms with van der Waals surface area (Å²) >= 11 is 0. The molecule has 1 heterocycles. The highest BCUT2D eigenvalue weighted by molar-refractivity contribution is 5.97. The number of carbonyl (C=O) groups is 3. The Morgan fingerprint density at radius 1 is 1.14 bits per heavy atom. The van der Waals surface area contributed by atoms with Crippen molar-refractivity contribution < 1.29 is 19.1 Å². The Hall–Kier alpha value is -2.37. The van der Waals surface area contributed by atoms with Gasteiger partial charge in [-0.1, -0.05) is 38.2 Å². The van der Waals surface area contributed by atoms with Crippen molar-refractivity contribution in [2.24, 2.45) is 5.92 Å². The molecule has 2 aliphatic rings. The Morgan fingerprint density at radius 3 is 2.71 bits per heavy atom. The van der Waals surface area contributed by atoms with Gasteiger partial charge in [-0.15, -0.1) is 0 Å². The number of nitrogens with one attached hydrogen (secondary N) is 1. The van der Waals surface area contributed by atoms with Crippen LogP contribution < -0.4 is 10.2 Å². The third-order valence-corrected chi connectivity index (χ3v) is 5.60.